The van der Waals surface area contributed by atoms with Crippen LogP contribution in [0.15, 0.2) is 28.7 Å². The van der Waals surface area contributed by atoms with Crippen molar-refractivity contribution in [2.75, 3.05) is 33.4 Å². The first-order valence-corrected chi connectivity index (χ1v) is 7.26. The molecule has 0 radical (unpaired) electrons. The number of hydrogen-bond donors (Lipinski definition) is 1. The number of carbonyl (C=O) groups excluding carboxylic acids is 1. The molecule has 19 heavy (non-hydrogen) atoms. The summed E-state index contributed by atoms with van der Waals surface area (Å²) in [5.74, 6) is 0.108. The lowest BCUT2D eigenvalue weighted by Gasteiger charge is -2.27. The number of nitrogens with one attached hydrogen (secondary N) is 1. The average Bonchev–Trinajstić information content (AvgIpc) is 2.46. The minimum Gasteiger partial charge on any atom is -0.378 e. The summed E-state index contributed by atoms with van der Waals surface area (Å²) in [6, 6.07) is 8.00. The second kappa shape index (κ2) is 7.03. The Bertz CT molecular complexity index is 416. The van der Waals surface area contributed by atoms with E-state index in [2.05, 4.69) is 33.4 Å². The smallest absolute Gasteiger partial charge is 0.241 e. The molecule has 1 saturated heterocycles. The number of amides is 1. The molecule has 0 saturated carbocycles. The predicted octanol–water partition coefficient (Wildman–Crippen LogP) is 1.44. The molecule has 1 N–H and O–H groups in total. The molecule has 0 aromatic heterocycles. The highest BCUT2D eigenvalue weighted by atomic mass is 79.9. The highest BCUT2D eigenvalue weighted by Crippen LogP contribution is 2.11. The minimum absolute atomic E-state index is 0.108. The molecule has 0 spiro atoms. The van der Waals surface area contributed by atoms with Gasteiger partial charge in [-0.15, -0.1) is 0 Å². The van der Waals surface area contributed by atoms with Crippen molar-refractivity contribution in [3.8, 4) is 0 Å². The molecule has 0 aliphatic carbocycles. The van der Waals surface area contributed by atoms with Gasteiger partial charge in [0.1, 0.15) is 6.04 Å². The van der Waals surface area contributed by atoms with Crippen molar-refractivity contribution in [1.82, 2.24) is 10.2 Å². The van der Waals surface area contributed by atoms with Crippen LogP contribution < -0.4 is 5.32 Å². The monoisotopic (exact) mass is 326 g/mol. The Labute approximate surface area is 122 Å². The van der Waals surface area contributed by atoms with E-state index in [1.165, 1.54) is 5.56 Å². The molecule has 1 amide bonds. The number of morpholine rings is 1. The first kappa shape index (κ1) is 14.5. The Morgan fingerprint density at radius 3 is 2.84 bits per heavy atom. The molecule has 1 aliphatic heterocycles. The van der Waals surface area contributed by atoms with Crippen LogP contribution in [0.5, 0.6) is 0 Å². The Kier molecular flexibility index (Phi) is 5.36. The van der Waals surface area contributed by atoms with Crippen molar-refractivity contribution < 1.29 is 9.53 Å². The SMILES string of the molecule is CN(CCc1ccc(Br)cc1)C(=O)C1COCCN1. The zero-order valence-electron chi connectivity index (χ0n) is 11.1. The second-order valence-corrected chi connectivity index (χ2v) is 5.63. The number of nitrogens with zero attached hydrogens (tertiary/aromatic N) is 1. The maximum Gasteiger partial charge on any atom is 0.241 e. The number of ether oxygens (including phenoxy) is 1. The molecule has 1 aromatic rings. The highest BCUT2D eigenvalue weighted by Gasteiger charge is 2.23. The Balaban J connectivity index is 1.81. The number of likely N-dealkylation sites (N-methyl/N-ethyl adjacent to an activating group) is 1. The summed E-state index contributed by atoms with van der Waals surface area (Å²) in [5, 5.41) is 3.18. The topological polar surface area (TPSA) is 41.6 Å². The molecule has 104 valence electrons. The van der Waals surface area contributed by atoms with E-state index in [-0.39, 0.29) is 11.9 Å². The molecule has 1 unspecified atom stereocenters. The summed E-state index contributed by atoms with van der Waals surface area (Å²) in [6.07, 6.45) is 0.864. The first-order chi connectivity index (χ1) is 9.16. The van der Waals surface area contributed by atoms with Crippen molar-refractivity contribution >= 4 is 21.8 Å². The standard InChI is InChI=1S/C14H19BrN2O2/c1-17(14(18)13-10-19-9-7-16-13)8-6-11-2-4-12(15)5-3-11/h2-5,13,16H,6-10H2,1H3. The number of benzene rings is 1. The molecule has 1 aliphatic rings. The van der Waals surface area contributed by atoms with Gasteiger partial charge in [-0.2, -0.15) is 0 Å². The van der Waals surface area contributed by atoms with Gasteiger partial charge in [0.15, 0.2) is 0 Å². The third-order valence-corrected chi connectivity index (χ3v) is 3.77. The fourth-order valence-corrected chi connectivity index (χ4v) is 2.31. The van der Waals surface area contributed by atoms with Crippen LogP contribution in [0, 0.1) is 0 Å². The van der Waals surface area contributed by atoms with Crippen molar-refractivity contribution in [3.63, 3.8) is 0 Å². The number of carbonyl (C=O) groups is 1. The van der Waals surface area contributed by atoms with E-state index >= 15 is 0 Å². The second-order valence-electron chi connectivity index (χ2n) is 4.72. The summed E-state index contributed by atoms with van der Waals surface area (Å²) >= 11 is 3.41. The normalized spacial score (nSPS) is 19.2. The maximum absolute atomic E-state index is 12.1. The number of hydrogen-bond acceptors (Lipinski definition) is 3. The molecule has 4 nitrogen and oxygen atoms in total. The Morgan fingerprint density at radius 1 is 1.47 bits per heavy atom. The third kappa shape index (κ3) is 4.30. The minimum atomic E-state index is -0.191. The van der Waals surface area contributed by atoms with E-state index in [0.29, 0.717) is 13.2 Å². The molecule has 1 fully saturated rings. The molecular weight excluding hydrogens is 308 g/mol. The van der Waals surface area contributed by atoms with Crippen LogP contribution in [0.25, 0.3) is 0 Å². The fourth-order valence-electron chi connectivity index (χ4n) is 2.05. The third-order valence-electron chi connectivity index (χ3n) is 3.25. The van der Waals surface area contributed by atoms with Gasteiger partial charge in [-0.05, 0) is 24.1 Å². The molecule has 1 heterocycles. The van der Waals surface area contributed by atoms with Crippen molar-refractivity contribution in [1.29, 1.82) is 0 Å². The number of rotatable bonds is 4. The van der Waals surface area contributed by atoms with Crippen molar-refractivity contribution in [2.24, 2.45) is 0 Å². The lowest BCUT2D eigenvalue weighted by Crippen LogP contribution is -2.51. The van der Waals surface area contributed by atoms with Gasteiger partial charge in [0.05, 0.1) is 13.2 Å². The van der Waals surface area contributed by atoms with Crippen LogP contribution in [0.2, 0.25) is 0 Å². The molecule has 0 bridgehead atoms. The van der Waals surface area contributed by atoms with E-state index < -0.39 is 0 Å². The molecule has 5 heteroatoms. The van der Waals surface area contributed by atoms with Crippen LogP contribution in [-0.2, 0) is 16.0 Å². The van der Waals surface area contributed by atoms with Crippen LogP contribution >= 0.6 is 15.9 Å². The van der Waals surface area contributed by atoms with E-state index in [1.807, 2.05) is 19.2 Å². The lowest BCUT2D eigenvalue weighted by atomic mass is 10.1. The summed E-state index contributed by atoms with van der Waals surface area (Å²) in [6.45, 7) is 2.63. The first-order valence-electron chi connectivity index (χ1n) is 6.47. The largest absolute Gasteiger partial charge is 0.378 e. The van der Waals surface area contributed by atoms with Gasteiger partial charge in [-0.3, -0.25) is 4.79 Å². The van der Waals surface area contributed by atoms with Gasteiger partial charge in [-0.1, -0.05) is 28.1 Å². The van der Waals surface area contributed by atoms with Gasteiger partial charge in [0.25, 0.3) is 0 Å². The lowest BCUT2D eigenvalue weighted by molar-refractivity contribution is -0.135. The number of halogens is 1. The Morgan fingerprint density at radius 2 is 2.21 bits per heavy atom. The summed E-state index contributed by atoms with van der Waals surface area (Å²) < 4.78 is 6.39. The van der Waals surface area contributed by atoms with Gasteiger partial charge in [0, 0.05) is 24.6 Å². The van der Waals surface area contributed by atoms with Gasteiger partial charge >= 0.3 is 0 Å². The maximum atomic E-state index is 12.1. The van der Waals surface area contributed by atoms with Gasteiger partial charge < -0.3 is 15.0 Å². The zero-order chi connectivity index (χ0) is 13.7. The van der Waals surface area contributed by atoms with E-state index in [9.17, 15) is 4.79 Å². The summed E-state index contributed by atoms with van der Waals surface area (Å²) in [4.78, 5) is 13.9. The van der Waals surface area contributed by atoms with Gasteiger partial charge in [-0.25, -0.2) is 0 Å². The molecular formula is C14H19BrN2O2. The van der Waals surface area contributed by atoms with Gasteiger partial charge in [0.2, 0.25) is 5.91 Å². The quantitative estimate of drug-likeness (QED) is 0.910. The van der Waals surface area contributed by atoms with Crippen LogP contribution in [-0.4, -0.2) is 50.2 Å². The zero-order valence-corrected chi connectivity index (χ0v) is 12.6. The Hall–Kier alpha value is -0.910. The van der Waals surface area contributed by atoms with Crippen LogP contribution in [0.4, 0.5) is 0 Å². The average molecular weight is 327 g/mol. The van der Waals surface area contributed by atoms with Crippen molar-refractivity contribution in [3.05, 3.63) is 34.3 Å². The van der Waals surface area contributed by atoms with Crippen molar-refractivity contribution in [2.45, 2.75) is 12.5 Å². The summed E-state index contributed by atoms with van der Waals surface area (Å²) in [5.41, 5.74) is 1.23. The summed E-state index contributed by atoms with van der Waals surface area (Å²) in [7, 11) is 1.84. The van der Waals surface area contributed by atoms with E-state index in [4.69, 9.17) is 4.74 Å². The molecule has 1 atom stereocenters. The molecule has 1 aromatic carbocycles. The van der Waals surface area contributed by atoms with E-state index in [1.54, 1.807) is 4.90 Å². The molecule has 2 rings (SSSR count). The highest BCUT2D eigenvalue weighted by molar-refractivity contribution is 9.10. The van der Waals surface area contributed by atoms with E-state index in [0.717, 1.165) is 24.0 Å². The predicted molar refractivity (Wildman–Crippen MR) is 78.1 cm³/mol. The van der Waals surface area contributed by atoms with Crippen LogP contribution in [0.1, 0.15) is 5.56 Å². The fraction of sp³-hybridized carbons (Fsp3) is 0.500. The van der Waals surface area contributed by atoms with Crippen LogP contribution in [0.3, 0.4) is 0 Å².